The van der Waals surface area contributed by atoms with Crippen LogP contribution in [0.3, 0.4) is 0 Å². The summed E-state index contributed by atoms with van der Waals surface area (Å²) >= 11 is 5.44. The van der Waals surface area contributed by atoms with Gasteiger partial charge in [-0.1, -0.05) is 0 Å². The van der Waals surface area contributed by atoms with E-state index in [0.717, 1.165) is 11.4 Å². The van der Waals surface area contributed by atoms with E-state index >= 15 is 0 Å². The number of alkyl halides is 1. The van der Waals surface area contributed by atoms with E-state index in [9.17, 15) is 0 Å². The Hall–Kier alpha value is -0.930. The summed E-state index contributed by atoms with van der Waals surface area (Å²) in [5.74, 6) is 1.32. The van der Waals surface area contributed by atoms with E-state index in [1.165, 1.54) is 0 Å². The fourth-order valence-electron chi connectivity index (χ4n) is 0.939. The van der Waals surface area contributed by atoms with Gasteiger partial charge in [0.1, 0.15) is 12.4 Å². The van der Waals surface area contributed by atoms with Crippen molar-refractivity contribution >= 4 is 17.3 Å². The second kappa shape index (κ2) is 6.51. The van der Waals surface area contributed by atoms with Crippen LogP contribution in [0, 0.1) is 0 Å². The van der Waals surface area contributed by atoms with Gasteiger partial charge in [-0.2, -0.15) is 0 Å². The van der Waals surface area contributed by atoms with E-state index in [2.05, 4.69) is 0 Å². The molecular weight excluding hydrogens is 202 g/mol. The lowest BCUT2D eigenvalue weighted by molar-refractivity contribution is 0.111. The topological polar surface area (TPSA) is 44.5 Å². The molecular formula is C10H14ClNO2. The summed E-state index contributed by atoms with van der Waals surface area (Å²) in [5, 5.41) is 0. The molecule has 1 aromatic carbocycles. The van der Waals surface area contributed by atoms with Crippen LogP contribution in [0.15, 0.2) is 24.3 Å². The van der Waals surface area contributed by atoms with Crippen molar-refractivity contribution in [3.63, 3.8) is 0 Å². The van der Waals surface area contributed by atoms with Gasteiger partial charge in [-0.25, -0.2) is 0 Å². The summed E-state index contributed by atoms with van der Waals surface area (Å²) in [4.78, 5) is 0. The molecule has 0 fully saturated rings. The molecule has 0 heterocycles. The molecule has 0 unspecified atom stereocenters. The fraction of sp³-hybridized carbons (Fsp3) is 0.400. The first kappa shape index (κ1) is 11.1. The predicted octanol–water partition coefficient (Wildman–Crippen LogP) is 1.90. The smallest absolute Gasteiger partial charge is 0.119 e. The van der Waals surface area contributed by atoms with Gasteiger partial charge in [-0.15, -0.1) is 11.6 Å². The molecule has 0 aliphatic carbocycles. The predicted molar refractivity (Wildman–Crippen MR) is 57.9 cm³/mol. The Bertz CT molecular complexity index is 251. The van der Waals surface area contributed by atoms with Crippen molar-refractivity contribution in [1.29, 1.82) is 0 Å². The van der Waals surface area contributed by atoms with Crippen LogP contribution in [0.2, 0.25) is 0 Å². The molecule has 3 nitrogen and oxygen atoms in total. The number of halogens is 1. The molecule has 78 valence electrons. The summed E-state index contributed by atoms with van der Waals surface area (Å²) in [7, 11) is 0. The molecule has 0 aliphatic rings. The van der Waals surface area contributed by atoms with Gasteiger partial charge in [0, 0.05) is 11.6 Å². The quantitative estimate of drug-likeness (QED) is 0.448. The second-order valence-electron chi connectivity index (χ2n) is 2.72. The average molecular weight is 216 g/mol. The van der Waals surface area contributed by atoms with Crippen molar-refractivity contribution in [2.24, 2.45) is 0 Å². The third-order valence-electron chi connectivity index (χ3n) is 1.60. The Morgan fingerprint density at radius 3 is 2.43 bits per heavy atom. The van der Waals surface area contributed by atoms with Crippen LogP contribution in [0.4, 0.5) is 5.69 Å². The highest BCUT2D eigenvalue weighted by atomic mass is 35.5. The summed E-state index contributed by atoms with van der Waals surface area (Å²) in [5.41, 5.74) is 6.26. The number of hydrogen-bond donors (Lipinski definition) is 1. The van der Waals surface area contributed by atoms with Crippen LogP contribution in [0.1, 0.15) is 0 Å². The number of anilines is 1. The Morgan fingerprint density at radius 2 is 1.79 bits per heavy atom. The van der Waals surface area contributed by atoms with Crippen molar-refractivity contribution in [1.82, 2.24) is 0 Å². The third kappa shape index (κ3) is 4.35. The van der Waals surface area contributed by atoms with Crippen LogP contribution in [0.25, 0.3) is 0 Å². The van der Waals surface area contributed by atoms with Gasteiger partial charge in [0.05, 0.1) is 13.2 Å². The van der Waals surface area contributed by atoms with Crippen LogP contribution < -0.4 is 10.5 Å². The highest BCUT2D eigenvalue weighted by Crippen LogP contribution is 2.12. The van der Waals surface area contributed by atoms with E-state index in [1.54, 1.807) is 12.1 Å². The molecule has 0 saturated carbocycles. The highest BCUT2D eigenvalue weighted by Gasteiger charge is 1.92. The highest BCUT2D eigenvalue weighted by molar-refractivity contribution is 6.17. The number of nitrogen functional groups attached to an aromatic ring is 1. The zero-order valence-corrected chi connectivity index (χ0v) is 8.67. The maximum Gasteiger partial charge on any atom is 0.119 e. The van der Waals surface area contributed by atoms with E-state index in [0.29, 0.717) is 25.7 Å². The maximum absolute atomic E-state index is 5.53. The molecule has 1 rings (SSSR count). The molecule has 1 aromatic rings. The second-order valence-corrected chi connectivity index (χ2v) is 3.10. The number of nitrogens with two attached hydrogens (primary N) is 1. The first-order valence-corrected chi connectivity index (χ1v) is 4.98. The van der Waals surface area contributed by atoms with Gasteiger partial charge in [-0.05, 0) is 24.3 Å². The van der Waals surface area contributed by atoms with Gasteiger partial charge >= 0.3 is 0 Å². The van der Waals surface area contributed by atoms with E-state index in [-0.39, 0.29) is 0 Å². The molecule has 0 atom stereocenters. The lowest BCUT2D eigenvalue weighted by Crippen LogP contribution is -2.07. The Kier molecular flexibility index (Phi) is 5.19. The van der Waals surface area contributed by atoms with Gasteiger partial charge in [0.25, 0.3) is 0 Å². The summed E-state index contributed by atoms with van der Waals surface area (Å²) < 4.78 is 10.5. The summed E-state index contributed by atoms with van der Waals surface area (Å²) in [6, 6.07) is 7.26. The average Bonchev–Trinajstić information content (AvgIpc) is 2.21. The number of ether oxygens (including phenoxy) is 2. The monoisotopic (exact) mass is 215 g/mol. The van der Waals surface area contributed by atoms with Crippen molar-refractivity contribution in [2.45, 2.75) is 0 Å². The number of rotatable bonds is 6. The molecule has 14 heavy (non-hydrogen) atoms. The molecule has 0 radical (unpaired) electrons. The molecule has 4 heteroatoms. The minimum Gasteiger partial charge on any atom is -0.491 e. The van der Waals surface area contributed by atoms with E-state index in [1.807, 2.05) is 12.1 Å². The maximum atomic E-state index is 5.53. The first-order chi connectivity index (χ1) is 6.83. The van der Waals surface area contributed by atoms with Crippen LogP contribution in [-0.4, -0.2) is 25.7 Å². The molecule has 2 N–H and O–H groups in total. The molecule has 0 amide bonds. The van der Waals surface area contributed by atoms with Crippen molar-refractivity contribution in [2.75, 3.05) is 31.4 Å². The minimum atomic E-state index is 0.516. The Labute approximate surface area is 88.8 Å². The first-order valence-electron chi connectivity index (χ1n) is 4.45. The lowest BCUT2D eigenvalue weighted by atomic mass is 10.3. The van der Waals surface area contributed by atoms with Gasteiger partial charge in [-0.3, -0.25) is 0 Å². The van der Waals surface area contributed by atoms with Crippen molar-refractivity contribution in [3.05, 3.63) is 24.3 Å². The van der Waals surface area contributed by atoms with Crippen LogP contribution >= 0.6 is 11.6 Å². The molecule has 0 aromatic heterocycles. The minimum absolute atomic E-state index is 0.516. The third-order valence-corrected chi connectivity index (χ3v) is 1.75. The standard InChI is InChI=1S/C10H14ClNO2/c11-5-6-13-7-8-14-10-3-1-9(12)2-4-10/h1-4H,5-8,12H2. The molecule has 0 saturated heterocycles. The zero-order chi connectivity index (χ0) is 10.2. The van der Waals surface area contributed by atoms with Gasteiger partial charge < -0.3 is 15.2 Å². The fourth-order valence-corrected chi connectivity index (χ4v) is 1.05. The normalized spacial score (nSPS) is 10.1. The van der Waals surface area contributed by atoms with Crippen molar-refractivity contribution in [3.8, 4) is 5.75 Å². The van der Waals surface area contributed by atoms with Crippen molar-refractivity contribution < 1.29 is 9.47 Å². The van der Waals surface area contributed by atoms with Gasteiger partial charge in [0.15, 0.2) is 0 Å². The van der Waals surface area contributed by atoms with Crippen LogP contribution in [-0.2, 0) is 4.74 Å². The molecule has 0 aliphatic heterocycles. The van der Waals surface area contributed by atoms with E-state index < -0.39 is 0 Å². The van der Waals surface area contributed by atoms with Crippen LogP contribution in [0.5, 0.6) is 5.75 Å². The lowest BCUT2D eigenvalue weighted by Gasteiger charge is -2.06. The SMILES string of the molecule is Nc1ccc(OCCOCCCl)cc1. The number of benzene rings is 1. The van der Waals surface area contributed by atoms with E-state index in [4.69, 9.17) is 26.8 Å². The number of hydrogen-bond acceptors (Lipinski definition) is 3. The zero-order valence-electron chi connectivity index (χ0n) is 7.91. The summed E-state index contributed by atoms with van der Waals surface area (Å²) in [6.45, 7) is 1.64. The summed E-state index contributed by atoms with van der Waals surface area (Å²) in [6.07, 6.45) is 0. The van der Waals surface area contributed by atoms with Gasteiger partial charge in [0.2, 0.25) is 0 Å². The molecule has 0 bridgehead atoms. The Morgan fingerprint density at radius 1 is 1.07 bits per heavy atom. The Balaban J connectivity index is 2.15. The molecule has 0 spiro atoms. The largest absolute Gasteiger partial charge is 0.491 e.